The molecule has 2 heterocycles. The Morgan fingerprint density at radius 3 is 2.45 bits per heavy atom. The molecule has 2 aliphatic rings. The van der Waals surface area contributed by atoms with Gasteiger partial charge in [0.05, 0.1) is 5.92 Å². The quantitative estimate of drug-likeness (QED) is 0.901. The molecule has 2 aliphatic heterocycles. The number of amides is 1. The van der Waals surface area contributed by atoms with E-state index in [1.54, 1.807) is 0 Å². The molecule has 0 radical (unpaired) electrons. The van der Waals surface area contributed by atoms with Crippen LogP contribution in [0.1, 0.15) is 18.4 Å². The van der Waals surface area contributed by atoms with Gasteiger partial charge in [-0.3, -0.25) is 4.79 Å². The molecule has 0 atom stereocenters. The molecule has 0 aliphatic carbocycles. The van der Waals surface area contributed by atoms with E-state index in [4.69, 9.17) is 4.74 Å². The van der Waals surface area contributed by atoms with Crippen LogP contribution >= 0.6 is 12.4 Å². The van der Waals surface area contributed by atoms with Crippen molar-refractivity contribution in [2.75, 3.05) is 32.8 Å². The Kier molecular flexibility index (Phi) is 6.68. The minimum absolute atomic E-state index is 0. The van der Waals surface area contributed by atoms with Gasteiger partial charge in [-0.15, -0.1) is 12.4 Å². The van der Waals surface area contributed by atoms with Gasteiger partial charge in [0.2, 0.25) is 5.91 Å². The Morgan fingerprint density at radius 2 is 1.86 bits per heavy atom. The van der Waals surface area contributed by atoms with Gasteiger partial charge in [0.1, 0.15) is 0 Å². The Balaban J connectivity index is 0.00000176. The van der Waals surface area contributed by atoms with E-state index in [2.05, 4.69) is 22.3 Å². The fourth-order valence-corrected chi connectivity index (χ4v) is 3.00. The van der Waals surface area contributed by atoms with Crippen LogP contribution in [0, 0.1) is 11.8 Å². The molecule has 0 spiro atoms. The molecular formula is C17H25ClN2O2. The summed E-state index contributed by atoms with van der Waals surface area (Å²) < 4.78 is 5.43. The maximum absolute atomic E-state index is 12.7. The summed E-state index contributed by atoms with van der Waals surface area (Å²) in [4.78, 5) is 14.7. The lowest BCUT2D eigenvalue weighted by Gasteiger charge is -2.35. The highest BCUT2D eigenvalue weighted by molar-refractivity contribution is 5.85. The van der Waals surface area contributed by atoms with Crippen LogP contribution in [0.15, 0.2) is 30.3 Å². The molecular weight excluding hydrogens is 300 g/mol. The highest BCUT2D eigenvalue weighted by atomic mass is 35.5. The first kappa shape index (κ1) is 17.3. The van der Waals surface area contributed by atoms with Crippen LogP contribution in [0.2, 0.25) is 0 Å². The molecule has 0 saturated carbocycles. The summed E-state index contributed by atoms with van der Waals surface area (Å²) >= 11 is 0. The zero-order valence-corrected chi connectivity index (χ0v) is 13.7. The van der Waals surface area contributed by atoms with E-state index in [1.165, 1.54) is 5.56 Å². The Hall–Kier alpha value is -1.10. The van der Waals surface area contributed by atoms with Crippen molar-refractivity contribution in [2.24, 2.45) is 11.8 Å². The maximum atomic E-state index is 12.7. The molecule has 2 saturated heterocycles. The molecule has 3 rings (SSSR count). The third kappa shape index (κ3) is 4.45. The summed E-state index contributed by atoms with van der Waals surface area (Å²) in [6, 6.07) is 10.3. The van der Waals surface area contributed by atoms with Crippen LogP contribution in [-0.4, -0.2) is 43.7 Å². The van der Waals surface area contributed by atoms with Gasteiger partial charge in [-0.1, -0.05) is 30.3 Å². The van der Waals surface area contributed by atoms with Gasteiger partial charge >= 0.3 is 0 Å². The van der Waals surface area contributed by atoms with Gasteiger partial charge in [-0.05, 0) is 24.3 Å². The molecule has 1 amide bonds. The van der Waals surface area contributed by atoms with Crippen molar-refractivity contribution in [1.29, 1.82) is 0 Å². The van der Waals surface area contributed by atoms with E-state index in [0.29, 0.717) is 11.8 Å². The van der Waals surface area contributed by atoms with Crippen LogP contribution in [0.5, 0.6) is 0 Å². The van der Waals surface area contributed by atoms with Crippen molar-refractivity contribution in [3.63, 3.8) is 0 Å². The topological polar surface area (TPSA) is 41.6 Å². The third-order valence-corrected chi connectivity index (χ3v) is 4.48. The van der Waals surface area contributed by atoms with Crippen molar-refractivity contribution >= 4 is 18.3 Å². The molecule has 1 N–H and O–H groups in total. The number of rotatable bonds is 5. The normalized spacial score (nSPS) is 19.1. The third-order valence-electron chi connectivity index (χ3n) is 4.48. The lowest BCUT2D eigenvalue weighted by molar-refractivity contribution is -0.139. The Morgan fingerprint density at radius 1 is 1.18 bits per heavy atom. The van der Waals surface area contributed by atoms with Crippen LogP contribution < -0.4 is 5.32 Å². The smallest absolute Gasteiger partial charge is 0.228 e. The average molecular weight is 325 g/mol. The maximum Gasteiger partial charge on any atom is 0.228 e. The lowest BCUT2D eigenvalue weighted by Crippen LogP contribution is -2.52. The van der Waals surface area contributed by atoms with Gasteiger partial charge < -0.3 is 15.0 Å². The standard InChI is InChI=1S/C17H24N2O2.ClH/c20-17(16-10-18-11-16)19(12-14-4-2-1-3-5-14)13-15-6-8-21-9-7-15;/h1-5,15-16,18H,6-13H2;1H. The SMILES string of the molecule is Cl.O=C(C1CNC1)N(Cc1ccccc1)CC1CCOCC1. The first-order valence-electron chi connectivity index (χ1n) is 7.94. The molecule has 4 nitrogen and oxygen atoms in total. The number of halogens is 1. The zero-order chi connectivity index (χ0) is 14.5. The van der Waals surface area contributed by atoms with Crippen molar-refractivity contribution < 1.29 is 9.53 Å². The van der Waals surface area contributed by atoms with E-state index in [1.807, 2.05) is 18.2 Å². The number of carbonyl (C=O) groups is 1. The highest BCUT2D eigenvalue weighted by Crippen LogP contribution is 2.20. The predicted octanol–water partition coefficient (Wildman–Crippen LogP) is 2.08. The van der Waals surface area contributed by atoms with Gasteiger partial charge in [0.15, 0.2) is 0 Å². The van der Waals surface area contributed by atoms with Gasteiger partial charge in [-0.25, -0.2) is 0 Å². The number of carbonyl (C=O) groups excluding carboxylic acids is 1. The van der Waals surface area contributed by atoms with Crippen molar-refractivity contribution in [2.45, 2.75) is 19.4 Å². The Bertz CT molecular complexity index is 459. The van der Waals surface area contributed by atoms with Crippen LogP contribution in [-0.2, 0) is 16.1 Å². The summed E-state index contributed by atoms with van der Waals surface area (Å²) in [6.45, 7) is 4.93. The van der Waals surface area contributed by atoms with E-state index < -0.39 is 0 Å². The number of ether oxygens (including phenoxy) is 1. The van der Waals surface area contributed by atoms with E-state index in [-0.39, 0.29) is 18.3 Å². The van der Waals surface area contributed by atoms with Crippen molar-refractivity contribution in [1.82, 2.24) is 10.2 Å². The van der Waals surface area contributed by atoms with Crippen LogP contribution in [0.4, 0.5) is 0 Å². The number of hydrogen-bond acceptors (Lipinski definition) is 3. The van der Waals surface area contributed by atoms with Crippen LogP contribution in [0.3, 0.4) is 0 Å². The molecule has 2 fully saturated rings. The first-order chi connectivity index (χ1) is 10.3. The number of nitrogens with zero attached hydrogens (tertiary/aromatic N) is 1. The highest BCUT2D eigenvalue weighted by Gasteiger charge is 2.30. The number of hydrogen-bond donors (Lipinski definition) is 1. The van der Waals surface area contributed by atoms with E-state index in [9.17, 15) is 4.79 Å². The minimum Gasteiger partial charge on any atom is -0.381 e. The molecule has 1 aromatic carbocycles. The van der Waals surface area contributed by atoms with Crippen molar-refractivity contribution in [3.05, 3.63) is 35.9 Å². The van der Waals surface area contributed by atoms with E-state index in [0.717, 1.165) is 52.2 Å². The largest absolute Gasteiger partial charge is 0.381 e. The van der Waals surface area contributed by atoms with Gasteiger partial charge in [0.25, 0.3) is 0 Å². The molecule has 0 aromatic heterocycles. The predicted molar refractivity (Wildman–Crippen MR) is 89.0 cm³/mol. The molecule has 0 unspecified atom stereocenters. The van der Waals surface area contributed by atoms with Gasteiger partial charge in [0, 0.05) is 39.4 Å². The second-order valence-corrected chi connectivity index (χ2v) is 6.12. The summed E-state index contributed by atoms with van der Waals surface area (Å²) in [6.07, 6.45) is 2.14. The van der Waals surface area contributed by atoms with Gasteiger partial charge in [-0.2, -0.15) is 0 Å². The average Bonchev–Trinajstić information content (AvgIpc) is 2.47. The zero-order valence-electron chi connectivity index (χ0n) is 12.9. The summed E-state index contributed by atoms with van der Waals surface area (Å²) in [7, 11) is 0. The molecule has 122 valence electrons. The fraction of sp³-hybridized carbons (Fsp3) is 0.588. The lowest BCUT2D eigenvalue weighted by atomic mass is 9.96. The number of benzene rings is 1. The fourth-order valence-electron chi connectivity index (χ4n) is 3.00. The number of nitrogens with one attached hydrogen (secondary N) is 1. The van der Waals surface area contributed by atoms with Crippen LogP contribution in [0.25, 0.3) is 0 Å². The molecule has 22 heavy (non-hydrogen) atoms. The summed E-state index contributed by atoms with van der Waals surface area (Å²) in [5.41, 5.74) is 1.21. The molecule has 1 aromatic rings. The first-order valence-corrected chi connectivity index (χ1v) is 7.94. The minimum atomic E-state index is 0. The Labute approximate surface area is 138 Å². The summed E-state index contributed by atoms with van der Waals surface area (Å²) in [5, 5.41) is 3.20. The van der Waals surface area contributed by atoms with Crippen molar-refractivity contribution in [3.8, 4) is 0 Å². The monoisotopic (exact) mass is 324 g/mol. The summed E-state index contributed by atoms with van der Waals surface area (Å²) in [5.74, 6) is 1.07. The second kappa shape index (κ2) is 8.51. The van der Waals surface area contributed by atoms with E-state index >= 15 is 0 Å². The molecule has 5 heteroatoms. The molecule has 0 bridgehead atoms. The second-order valence-electron chi connectivity index (χ2n) is 6.12.